The van der Waals surface area contributed by atoms with Crippen molar-refractivity contribution in [2.24, 2.45) is 0 Å². The highest BCUT2D eigenvalue weighted by Crippen LogP contribution is 2.37. The van der Waals surface area contributed by atoms with E-state index in [2.05, 4.69) is 0 Å². The third-order valence-electron chi connectivity index (χ3n) is 3.71. The number of thioether (sulfide) groups is 1. The Morgan fingerprint density at radius 1 is 1.20 bits per heavy atom. The van der Waals surface area contributed by atoms with Gasteiger partial charge in [0, 0.05) is 17.4 Å². The summed E-state index contributed by atoms with van der Waals surface area (Å²) in [7, 11) is 0. The summed E-state index contributed by atoms with van der Waals surface area (Å²) in [5.41, 5.74) is 1.20. The molecule has 0 aliphatic heterocycles. The summed E-state index contributed by atoms with van der Waals surface area (Å²) in [6.45, 7) is 4.95. The molecule has 0 unspecified atom stereocenters. The smallest absolute Gasteiger partial charge is 0.416 e. The fourth-order valence-corrected chi connectivity index (χ4v) is 3.22. The van der Waals surface area contributed by atoms with Gasteiger partial charge in [-0.25, -0.2) is 0 Å². The predicted molar refractivity (Wildman–Crippen MR) is 92.9 cm³/mol. The van der Waals surface area contributed by atoms with E-state index in [4.69, 9.17) is 4.74 Å². The number of carbonyl (C=O) groups is 1. The van der Waals surface area contributed by atoms with E-state index in [1.165, 1.54) is 19.1 Å². The molecule has 0 saturated heterocycles. The number of halogens is 3. The summed E-state index contributed by atoms with van der Waals surface area (Å²) in [5, 5.41) is -0.274. The maximum absolute atomic E-state index is 13.3. The molecule has 0 aliphatic carbocycles. The third kappa shape index (κ3) is 5.01. The second-order valence-corrected chi connectivity index (χ2v) is 6.83. The Hall–Kier alpha value is -1.95. The van der Waals surface area contributed by atoms with Crippen molar-refractivity contribution in [1.82, 2.24) is 0 Å². The molecule has 6 heteroatoms. The maximum atomic E-state index is 13.3. The molecule has 2 nitrogen and oxygen atoms in total. The van der Waals surface area contributed by atoms with Gasteiger partial charge in [-0.05, 0) is 42.7 Å². The fraction of sp³-hybridized carbons (Fsp3) is 0.316. The van der Waals surface area contributed by atoms with E-state index >= 15 is 0 Å². The first kappa shape index (κ1) is 19.4. The van der Waals surface area contributed by atoms with Crippen molar-refractivity contribution in [3.63, 3.8) is 0 Å². The molecule has 0 heterocycles. The second-order valence-electron chi connectivity index (χ2n) is 5.62. The Bertz CT molecular complexity index is 770. The molecular weight excluding hydrogens is 349 g/mol. The van der Waals surface area contributed by atoms with Gasteiger partial charge in [-0.3, -0.25) is 4.79 Å². The fourth-order valence-electron chi connectivity index (χ4n) is 2.47. The van der Waals surface area contributed by atoms with Gasteiger partial charge in [-0.1, -0.05) is 36.9 Å². The standard InChI is InChI=1S/C19H19F3O2S/c1-4-14-8-9-17(12(2)10-14)24-11-15-16(19(20,21)22)6-5-7-18(15)25-13(3)23/h5-10H,4,11H2,1-3H3. The normalized spacial score (nSPS) is 11.4. The average molecular weight is 368 g/mol. The Labute approximate surface area is 149 Å². The third-order valence-corrected chi connectivity index (χ3v) is 4.60. The van der Waals surface area contributed by atoms with Crippen molar-refractivity contribution in [3.05, 3.63) is 58.7 Å². The highest BCUT2D eigenvalue weighted by molar-refractivity contribution is 8.13. The first-order valence-electron chi connectivity index (χ1n) is 7.82. The monoisotopic (exact) mass is 368 g/mol. The van der Waals surface area contributed by atoms with E-state index in [1.54, 1.807) is 6.07 Å². The number of benzene rings is 2. The van der Waals surface area contributed by atoms with E-state index in [0.29, 0.717) is 5.75 Å². The van der Waals surface area contributed by atoms with Crippen LogP contribution in [0.15, 0.2) is 41.3 Å². The van der Waals surface area contributed by atoms with Crippen LogP contribution in [0.1, 0.15) is 36.1 Å². The molecule has 0 radical (unpaired) electrons. The number of alkyl halides is 3. The van der Waals surface area contributed by atoms with Crippen LogP contribution in [0.4, 0.5) is 13.2 Å². The molecule has 2 aromatic rings. The molecule has 0 fully saturated rings. The van der Waals surface area contributed by atoms with Crippen molar-refractivity contribution >= 4 is 16.9 Å². The molecule has 0 spiro atoms. The first-order valence-corrected chi connectivity index (χ1v) is 8.63. The van der Waals surface area contributed by atoms with Crippen molar-refractivity contribution in [2.45, 2.75) is 44.9 Å². The number of rotatable bonds is 5. The Morgan fingerprint density at radius 3 is 2.48 bits per heavy atom. The Kier molecular flexibility index (Phi) is 6.16. The highest BCUT2D eigenvalue weighted by atomic mass is 32.2. The van der Waals surface area contributed by atoms with Gasteiger partial charge < -0.3 is 4.74 Å². The highest BCUT2D eigenvalue weighted by Gasteiger charge is 2.34. The van der Waals surface area contributed by atoms with Crippen LogP contribution in [0.3, 0.4) is 0 Å². The molecule has 25 heavy (non-hydrogen) atoms. The van der Waals surface area contributed by atoms with Crippen molar-refractivity contribution in [2.75, 3.05) is 0 Å². The van der Waals surface area contributed by atoms with Gasteiger partial charge in [0.2, 0.25) is 0 Å². The summed E-state index contributed by atoms with van der Waals surface area (Å²) in [6.07, 6.45) is -3.63. The molecule has 0 amide bonds. The summed E-state index contributed by atoms with van der Waals surface area (Å²) in [6, 6.07) is 9.43. The average Bonchev–Trinajstić information content (AvgIpc) is 2.52. The summed E-state index contributed by atoms with van der Waals surface area (Å²) < 4.78 is 45.6. The lowest BCUT2D eigenvalue weighted by Crippen LogP contribution is -2.12. The number of hydrogen-bond acceptors (Lipinski definition) is 3. The van der Waals surface area contributed by atoms with E-state index in [9.17, 15) is 18.0 Å². The molecule has 2 aromatic carbocycles. The lowest BCUT2D eigenvalue weighted by atomic mass is 10.1. The molecule has 0 aliphatic rings. The van der Waals surface area contributed by atoms with E-state index < -0.39 is 11.7 Å². The molecule has 0 saturated carbocycles. The van der Waals surface area contributed by atoms with Crippen LogP contribution in [0, 0.1) is 6.92 Å². The lowest BCUT2D eigenvalue weighted by Gasteiger charge is -2.17. The molecule has 0 atom stereocenters. The minimum Gasteiger partial charge on any atom is -0.489 e. The van der Waals surface area contributed by atoms with Gasteiger partial charge in [0.15, 0.2) is 5.12 Å². The zero-order chi connectivity index (χ0) is 18.6. The van der Waals surface area contributed by atoms with E-state index in [-0.39, 0.29) is 22.2 Å². The van der Waals surface area contributed by atoms with Gasteiger partial charge in [-0.15, -0.1) is 0 Å². The van der Waals surface area contributed by atoms with Gasteiger partial charge in [-0.2, -0.15) is 13.2 Å². The van der Waals surface area contributed by atoms with Crippen LogP contribution in [0.25, 0.3) is 0 Å². The summed E-state index contributed by atoms with van der Waals surface area (Å²) >= 11 is 0.782. The Balaban J connectivity index is 2.35. The SMILES string of the molecule is CCc1ccc(OCc2c(SC(C)=O)cccc2C(F)(F)F)c(C)c1. The molecular formula is C19H19F3O2S. The van der Waals surface area contributed by atoms with Crippen molar-refractivity contribution in [1.29, 1.82) is 0 Å². The molecule has 134 valence electrons. The van der Waals surface area contributed by atoms with Crippen LogP contribution in [0.5, 0.6) is 5.75 Å². The van der Waals surface area contributed by atoms with Crippen LogP contribution < -0.4 is 4.74 Å². The number of hydrogen-bond donors (Lipinski definition) is 0. The van der Waals surface area contributed by atoms with Crippen LogP contribution in [-0.4, -0.2) is 5.12 Å². The second kappa shape index (κ2) is 7.95. The Morgan fingerprint density at radius 2 is 1.92 bits per heavy atom. The van der Waals surface area contributed by atoms with Gasteiger partial charge in [0.1, 0.15) is 12.4 Å². The number of aryl methyl sites for hydroxylation is 2. The predicted octanol–water partition coefficient (Wildman–Crippen LogP) is 5.79. The van der Waals surface area contributed by atoms with Gasteiger partial charge >= 0.3 is 6.18 Å². The number of ether oxygens (including phenoxy) is 1. The molecule has 2 rings (SSSR count). The summed E-state index contributed by atoms with van der Waals surface area (Å²) in [4.78, 5) is 11.6. The largest absolute Gasteiger partial charge is 0.489 e. The molecule has 0 aromatic heterocycles. The van der Waals surface area contributed by atoms with Crippen molar-refractivity contribution < 1.29 is 22.7 Å². The topological polar surface area (TPSA) is 26.3 Å². The molecule has 0 N–H and O–H groups in total. The van der Waals surface area contributed by atoms with Crippen molar-refractivity contribution in [3.8, 4) is 5.75 Å². The lowest BCUT2D eigenvalue weighted by molar-refractivity contribution is -0.138. The van der Waals surface area contributed by atoms with E-state index in [0.717, 1.165) is 35.4 Å². The maximum Gasteiger partial charge on any atom is 0.416 e. The van der Waals surface area contributed by atoms with Gasteiger partial charge in [0.25, 0.3) is 0 Å². The number of carbonyl (C=O) groups excluding carboxylic acids is 1. The summed E-state index contributed by atoms with van der Waals surface area (Å²) in [5.74, 6) is 0.535. The minimum absolute atomic E-state index is 0.0193. The molecule has 0 bridgehead atoms. The minimum atomic E-state index is -4.51. The van der Waals surface area contributed by atoms with Crippen LogP contribution >= 0.6 is 11.8 Å². The zero-order valence-electron chi connectivity index (χ0n) is 14.2. The van der Waals surface area contributed by atoms with Gasteiger partial charge in [0.05, 0.1) is 5.56 Å². The quantitative estimate of drug-likeness (QED) is 0.625. The van der Waals surface area contributed by atoms with Crippen LogP contribution in [-0.2, 0) is 24.0 Å². The zero-order valence-corrected chi connectivity index (χ0v) is 15.1. The first-order chi connectivity index (χ1) is 11.7. The van der Waals surface area contributed by atoms with Crippen LogP contribution in [0.2, 0.25) is 0 Å². The van der Waals surface area contributed by atoms with E-state index in [1.807, 2.05) is 26.0 Å².